The van der Waals surface area contributed by atoms with E-state index in [9.17, 15) is 9.59 Å². The molecule has 4 aromatic rings. The smallest absolute Gasteiger partial charge is 0.261 e. The van der Waals surface area contributed by atoms with Gasteiger partial charge in [0.15, 0.2) is 0 Å². The van der Waals surface area contributed by atoms with Crippen LogP contribution in [0.3, 0.4) is 0 Å². The van der Waals surface area contributed by atoms with Crippen molar-refractivity contribution in [3.05, 3.63) is 88.1 Å². The monoisotopic (exact) mass is 429 g/mol. The number of hydrogen-bond acceptors (Lipinski definition) is 4. The molecular weight excluding hydrogens is 402 g/mol. The van der Waals surface area contributed by atoms with Crippen molar-refractivity contribution in [3.8, 4) is 0 Å². The van der Waals surface area contributed by atoms with Crippen molar-refractivity contribution in [2.24, 2.45) is 0 Å². The molecule has 164 valence electrons. The third-order valence-corrected chi connectivity index (χ3v) is 5.49. The Labute approximate surface area is 186 Å². The molecule has 32 heavy (non-hydrogen) atoms. The minimum atomic E-state index is -0.308. The number of nitrogens with zero attached hydrogens (tertiary/aromatic N) is 4. The molecule has 1 N–H and O–H groups in total. The summed E-state index contributed by atoms with van der Waals surface area (Å²) in [6.45, 7) is 8.69. The van der Waals surface area contributed by atoms with E-state index in [0.717, 1.165) is 5.56 Å². The Morgan fingerprint density at radius 1 is 1.03 bits per heavy atom. The van der Waals surface area contributed by atoms with Crippen molar-refractivity contribution in [2.75, 3.05) is 5.32 Å². The number of rotatable bonds is 5. The van der Waals surface area contributed by atoms with Gasteiger partial charge < -0.3 is 5.32 Å². The summed E-state index contributed by atoms with van der Waals surface area (Å²) >= 11 is 0. The number of anilines is 1. The average Bonchev–Trinajstić information content (AvgIpc) is 3.17. The Morgan fingerprint density at radius 2 is 1.75 bits per heavy atom. The van der Waals surface area contributed by atoms with Gasteiger partial charge in [-0.3, -0.25) is 14.2 Å². The molecule has 0 atom stereocenters. The molecule has 2 aromatic heterocycles. The van der Waals surface area contributed by atoms with Crippen molar-refractivity contribution in [3.63, 3.8) is 0 Å². The molecule has 0 fully saturated rings. The van der Waals surface area contributed by atoms with E-state index in [-0.39, 0.29) is 23.4 Å². The number of hydrogen-bond donors (Lipinski definition) is 1. The van der Waals surface area contributed by atoms with Gasteiger partial charge in [-0.05, 0) is 35.6 Å². The summed E-state index contributed by atoms with van der Waals surface area (Å²) in [6.07, 6.45) is 1.65. The van der Waals surface area contributed by atoms with Gasteiger partial charge in [0.05, 0.1) is 23.6 Å². The maximum atomic E-state index is 12.8. The molecule has 7 heteroatoms. The largest absolute Gasteiger partial charge is 0.309 e. The van der Waals surface area contributed by atoms with Gasteiger partial charge in [-0.15, -0.1) is 0 Å². The highest BCUT2D eigenvalue weighted by Crippen LogP contribution is 2.22. The summed E-state index contributed by atoms with van der Waals surface area (Å²) in [5, 5.41) is 7.71. The van der Waals surface area contributed by atoms with Gasteiger partial charge in [0, 0.05) is 6.07 Å². The van der Waals surface area contributed by atoms with E-state index < -0.39 is 0 Å². The fraction of sp³-hybridized carbons (Fsp3) is 0.280. The van der Waals surface area contributed by atoms with E-state index in [4.69, 9.17) is 0 Å². The normalized spacial score (nSPS) is 11.6. The minimum Gasteiger partial charge on any atom is -0.309 e. The van der Waals surface area contributed by atoms with Crippen LogP contribution in [-0.4, -0.2) is 25.2 Å². The molecule has 0 bridgehead atoms. The van der Waals surface area contributed by atoms with Crippen LogP contribution in [0, 0.1) is 6.92 Å². The number of aryl methyl sites for hydroxylation is 1. The summed E-state index contributed by atoms with van der Waals surface area (Å²) in [4.78, 5) is 30.0. The molecule has 7 nitrogen and oxygen atoms in total. The first-order chi connectivity index (χ1) is 15.2. The molecule has 2 heterocycles. The van der Waals surface area contributed by atoms with Crippen LogP contribution in [-0.2, 0) is 23.3 Å². The van der Waals surface area contributed by atoms with Gasteiger partial charge >= 0.3 is 0 Å². The van der Waals surface area contributed by atoms with Crippen molar-refractivity contribution in [2.45, 2.75) is 46.2 Å². The zero-order valence-corrected chi connectivity index (χ0v) is 18.8. The predicted molar refractivity (Wildman–Crippen MR) is 126 cm³/mol. The van der Waals surface area contributed by atoms with Crippen molar-refractivity contribution in [1.82, 2.24) is 19.3 Å². The number of amides is 1. The fourth-order valence-electron chi connectivity index (χ4n) is 3.64. The molecule has 0 radical (unpaired) electrons. The molecule has 1 amide bonds. The SMILES string of the molecule is Cc1nc2ccccc2c(=O)n1CC(=O)Nc1ccnn1Cc1ccc(C(C)(C)C)cc1. The van der Waals surface area contributed by atoms with E-state index in [1.807, 2.05) is 6.07 Å². The Kier molecular flexibility index (Phi) is 5.65. The number of carbonyl (C=O) groups is 1. The molecule has 0 aliphatic rings. The standard InChI is InChI=1S/C25H27N5O2/c1-17-27-21-8-6-5-7-20(21)24(32)29(17)16-23(31)28-22-13-14-26-30(22)15-18-9-11-19(12-10-18)25(2,3)4/h5-14H,15-16H2,1-4H3,(H,28,31). The summed E-state index contributed by atoms with van der Waals surface area (Å²) < 4.78 is 3.13. The highest BCUT2D eigenvalue weighted by atomic mass is 16.2. The maximum absolute atomic E-state index is 12.8. The highest BCUT2D eigenvalue weighted by molar-refractivity contribution is 5.90. The van der Waals surface area contributed by atoms with Crippen molar-refractivity contribution < 1.29 is 4.79 Å². The van der Waals surface area contributed by atoms with E-state index >= 15 is 0 Å². The first kappa shape index (κ1) is 21.5. The second-order valence-electron chi connectivity index (χ2n) is 8.94. The van der Waals surface area contributed by atoms with Crippen LogP contribution in [0.4, 0.5) is 5.82 Å². The molecule has 0 saturated carbocycles. The Morgan fingerprint density at radius 3 is 2.47 bits per heavy atom. The quantitative estimate of drug-likeness (QED) is 0.522. The molecule has 0 saturated heterocycles. The number of aromatic nitrogens is 4. The zero-order chi connectivity index (χ0) is 22.9. The minimum absolute atomic E-state index is 0.0944. The van der Waals surface area contributed by atoms with Gasteiger partial charge in [-0.1, -0.05) is 57.2 Å². The molecule has 0 aliphatic carbocycles. The third-order valence-electron chi connectivity index (χ3n) is 5.49. The van der Waals surface area contributed by atoms with Crippen molar-refractivity contribution >= 4 is 22.6 Å². The van der Waals surface area contributed by atoms with Gasteiger partial charge in [-0.25, -0.2) is 9.67 Å². The summed E-state index contributed by atoms with van der Waals surface area (Å²) in [6, 6.07) is 17.3. The lowest BCUT2D eigenvalue weighted by atomic mass is 9.87. The summed E-state index contributed by atoms with van der Waals surface area (Å²) in [5.74, 6) is 0.766. The molecular formula is C25H27N5O2. The van der Waals surface area contributed by atoms with Crippen LogP contribution in [0.1, 0.15) is 37.7 Å². The second kappa shape index (κ2) is 8.42. The average molecular weight is 430 g/mol. The molecule has 4 rings (SSSR count). The van der Waals surface area contributed by atoms with E-state index in [2.05, 4.69) is 60.4 Å². The first-order valence-corrected chi connectivity index (χ1v) is 10.6. The number of carbonyl (C=O) groups excluding carboxylic acids is 1. The van der Waals surface area contributed by atoms with Crippen LogP contribution in [0.2, 0.25) is 0 Å². The number of nitrogens with one attached hydrogen (secondary N) is 1. The Balaban J connectivity index is 1.49. The van der Waals surface area contributed by atoms with Crippen LogP contribution in [0.15, 0.2) is 65.6 Å². The molecule has 0 aliphatic heterocycles. The topological polar surface area (TPSA) is 81.8 Å². The molecule has 0 spiro atoms. The third kappa shape index (κ3) is 4.46. The lowest BCUT2D eigenvalue weighted by Crippen LogP contribution is -2.30. The second-order valence-corrected chi connectivity index (χ2v) is 8.94. The van der Waals surface area contributed by atoms with Gasteiger partial charge in [0.2, 0.25) is 5.91 Å². The summed E-state index contributed by atoms with van der Waals surface area (Å²) in [5.41, 5.74) is 2.85. The highest BCUT2D eigenvalue weighted by Gasteiger charge is 2.15. The van der Waals surface area contributed by atoms with Crippen molar-refractivity contribution in [1.29, 1.82) is 0 Å². The van der Waals surface area contributed by atoms with Crippen LogP contribution in [0.25, 0.3) is 10.9 Å². The Hall–Kier alpha value is -3.74. The number of benzene rings is 2. The molecule has 2 aromatic carbocycles. The summed E-state index contributed by atoms with van der Waals surface area (Å²) in [7, 11) is 0. The number of fused-ring (bicyclic) bond motifs is 1. The lowest BCUT2D eigenvalue weighted by Gasteiger charge is -2.19. The fourth-order valence-corrected chi connectivity index (χ4v) is 3.64. The van der Waals surface area contributed by atoms with Crippen LogP contribution >= 0.6 is 0 Å². The maximum Gasteiger partial charge on any atom is 0.261 e. The van der Waals surface area contributed by atoms with E-state index in [1.54, 1.807) is 42.1 Å². The van der Waals surface area contributed by atoms with Gasteiger partial charge in [-0.2, -0.15) is 5.10 Å². The molecule has 0 unspecified atom stereocenters. The Bertz CT molecular complexity index is 1330. The van der Waals surface area contributed by atoms with Gasteiger partial charge in [0.1, 0.15) is 18.2 Å². The van der Waals surface area contributed by atoms with E-state index in [1.165, 1.54) is 10.1 Å². The van der Waals surface area contributed by atoms with Crippen LogP contribution in [0.5, 0.6) is 0 Å². The zero-order valence-electron chi connectivity index (χ0n) is 18.8. The number of para-hydroxylation sites is 1. The predicted octanol–water partition coefficient (Wildman–Crippen LogP) is 3.89. The first-order valence-electron chi connectivity index (χ1n) is 10.6. The van der Waals surface area contributed by atoms with Crippen LogP contribution < -0.4 is 10.9 Å². The van der Waals surface area contributed by atoms with Gasteiger partial charge in [0.25, 0.3) is 5.56 Å². The lowest BCUT2D eigenvalue weighted by molar-refractivity contribution is -0.116. The van der Waals surface area contributed by atoms with E-state index in [0.29, 0.717) is 29.1 Å².